The Hall–Kier alpha value is -3.87. The number of amides is 2. The molecule has 0 bridgehead atoms. The zero-order valence-electron chi connectivity index (χ0n) is 16.6. The zero-order chi connectivity index (χ0) is 21.5. The van der Waals surface area contributed by atoms with Crippen molar-refractivity contribution in [2.45, 2.75) is 13.8 Å². The fraction of sp³-hybridized carbons (Fsp3) is 0.130. The molecule has 0 radical (unpaired) electrons. The molecule has 3 aromatic carbocycles. The predicted molar refractivity (Wildman–Crippen MR) is 113 cm³/mol. The Balaban J connectivity index is 1.65. The normalized spacial score (nSPS) is 10.2. The maximum absolute atomic E-state index is 14.0. The molecule has 0 fully saturated rings. The van der Waals surface area contributed by atoms with Gasteiger partial charge in [-0.2, -0.15) is 0 Å². The van der Waals surface area contributed by atoms with Gasteiger partial charge in [0, 0.05) is 18.3 Å². The van der Waals surface area contributed by atoms with Crippen molar-refractivity contribution < 1.29 is 23.5 Å². The standard InChI is InChI=1S/C23H21FN2O4/c1-3-29-18-9-11-20(12-10-18)30-19-7-4-16(5-8-19)26-23(28)21-14-17(25-15(2)27)6-13-22(21)24/h4-14H,3H2,1-2H3,(H,25,27)(H,26,28). The first-order chi connectivity index (χ1) is 14.4. The van der Waals surface area contributed by atoms with Gasteiger partial charge < -0.3 is 20.1 Å². The molecule has 7 heteroatoms. The third kappa shape index (κ3) is 5.57. The smallest absolute Gasteiger partial charge is 0.258 e. The highest BCUT2D eigenvalue weighted by Crippen LogP contribution is 2.25. The van der Waals surface area contributed by atoms with Crippen LogP contribution in [-0.4, -0.2) is 18.4 Å². The number of anilines is 2. The van der Waals surface area contributed by atoms with Crippen molar-refractivity contribution in [1.29, 1.82) is 0 Å². The summed E-state index contributed by atoms with van der Waals surface area (Å²) in [7, 11) is 0. The summed E-state index contributed by atoms with van der Waals surface area (Å²) in [5.74, 6) is 0.369. The average Bonchev–Trinajstić information content (AvgIpc) is 2.72. The van der Waals surface area contributed by atoms with Gasteiger partial charge in [0.05, 0.1) is 12.2 Å². The number of nitrogens with one attached hydrogen (secondary N) is 2. The highest BCUT2D eigenvalue weighted by molar-refractivity contribution is 6.05. The molecule has 30 heavy (non-hydrogen) atoms. The summed E-state index contributed by atoms with van der Waals surface area (Å²) in [4.78, 5) is 23.6. The van der Waals surface area contributed by atoms with Crippen LogP contribution in [0.15, 0.2) is 66.7 Å². The minimum atomic E-state index is -0.683. The third-order valence-electron chi connectivity index (χ3n) is 4.01. The van der Waals surface area contributed by atoms with Crippen LogP contribution in [0.1, 0.15) is 24.2 Å². The highest BCUT2D eigenvalue weighted by Gasteiger charge is 2.13. The molecule has 3 rings (SSSR count). The topological polar surface area (TPSA) is 76.7 Å². The maximum Gasteiger partial charge on any atom is 0.258 e. The molecule has 0 aliphatic heterocycles. The van der Waals surface area contributed by atoms with E-state index in [2.05, 4.69) is 10.6 Å². The van der Waals surface area contributed by atoms with E-state index in [9.17, 15) is 14.0 Å². The Morgan fingerprint density at radius 3 is 2.00 bits per heavy atom. The molecule has 0 spiro atoms. The van der Waals surface area contributed by atoms with Crippen molar-refractivity contribution in [3.63, 3.8) is 0 Å². The Morgan fingerprint density at radius 1 is 0.833 bits per heavy atom. The largest absolute Gasteiger partial charge is 0.494 e. The van der Waals surface area contributed by atoms with Crippen LogP contribution in [0.5, 0.6) is 17.2 Å². The molecular formula is C23H21FN2O4. The highest BCUT2D eigenvalue weighted by atomic mass is 19.1. The van der Waals surface area contributed by atoms with Crippen LogP contribution in [0, 0.1) is 5.82 Å². The molecule has 0 aliphatic rings. The van der Waals surface area contributed by atoms with Gasteiger partial charge >= 0.3 is 0 Å². The monoisotopic (exact) mass is 408 g/mol. The second kappa shape index (κ2) is 9.56. The molecule has 0 aromatic heterocycles. The van der Waals surface area contributed by atoms with E-state index in [-0.39, 0.29) is 11.5 Å². The van der Waals surface area contributed by atoms with E-state index in [1.807, 2.05) is 19.1 Å². The van der Waals surface area contributed by atoms with Crippen molar-refractivity contribution in [1.82, 2.24) is 0 Å². The van der Waals surface area contributed by atoms with Gasteiger partial charge in [-0.1, -0.05) is 0 Å². The van der Waals surface area contributed by atoms with E-state index >= 15 is 0 Å². The Kier molecular flexibility index (Phi) is 6.64. The summed E-state index contributed by atoms with van der Waals surface area (Å²) >= 11 is 0. The first-order valence-electron chi connectivity index (χ1n) is 9.34. The van der Waals surface area contributed by atoms with Crippen molar-refractivity contribution in [2.75, 3.05) is 17.2 Å². The molecule has 0 heterocycles. The van der Waals surface area contributed by atoms with Gasteiger partial charge in [-0.25, -0.2) is 4.39 Å². The fourth-order valence-corrected chi connectivity index (χ4v) is 2.69. The summed E-state index contributed by atoms with van der Waals surface area (Å²) in [6.07, 6.45) is 0. The Labute approximate surface area is 173 Å². The molecule has 2 N–H and O–H groups in total. The van der Waals surface area contributed by atoms with Gasteiger partial charge in [0.1, 0.15) is 23.1 Å². The van der Waals surface area contributed by atoms with Crippen LogP contribution < -0.4 is 20.1 Å². The van der Waals surface area contributed by atoms with E-state index in [0.29, 0.717) is 29.5 Å². The predicted octanol–water partition coefficient (Wildman–Crippen LogP) is 5.23. The van der Waals surface area contributed by atoms with Gasteiger partial charge in [0.15, 0.2) is 0 Å². The van der Waals surface area contributed by atoms with Gasteiger partial charge in [-0.3, -0.25) is 9.59 Å². The van der Waals surface area contributed by atoms with Crippen LogP contribution in [0.4, 0.5) is 15.8 Å². The van der Waals surface area contributed by atoms with E-state index in [1.54, 1.807) is 36.4 Å². The number of ether oxygens (including phenoxy) is 2. The van der Waals surface area contributed by atoms with Crippen LogP contribution in [0.3, 0.4) is 0 Å². The number of carbonyl (C=O) groups is 2. The summed E-state index contributed by atoms with van der Waals surface area (Å²) in [5.41, 5.74) is 0.646. The zero-order valence-corrected chi connectivity index (χ0v) is 16.6. The van der Waals surface area contributed by atoms with E-state index in [0.717, 1.165) is 11.8 Å². The lowest BCUT2D eigenvalue weighted by atomic mass is 10.1. The van der Waals surface area contributed by atoms with Crippen molar-refractivity contribution in [2.24, 2.45) is 0 Å². The molecule has 3 aromatic rings. The molecular weight excluding hydrogens is 387 g/mol. The minimum absolute atomic E-state index is 0.170. The van der Waals surface area contributed by atoms with Crippen molar-refractivity contribution >= 4 is 23.2 Å². The lowest BCUT2D eigenvalue weighted by Gasteiger charge is -2.10. The molecule has 0 atom stereocenters. The molecule has 0 aliphatic carbocycles. The molecule has 0 saturated carbocycles. The molecule has 6 nitrogen and oxygen atoms in total. The number of benzene rings is 3. The second-order valence-electron chi connectivity index (χ2n) is 6.36. The average molecular weight is 408 g/mol. The Bertz CT molecular complexity index is 1030. The maximum atomic E-state index is 14.0. The summed E-state index contributed by atoms with van der Waals surface area (Å²) in [6.45, 7) is 3.84. The number of hydrogen-bond acceptors (Lipinski definition) is 4. The van der Waals surface area contributed by atoms with E-state index < -0.39 is 11.7 Å². The number of carbonyl (C=O) groups excluding carboxylic acids is 2. The lowest BCUT2D eigenvalue weighted by molar-refractivity contribution is -0.114. The third-order valence-corrected chi connectivity index (χ3v) is 4.01. The van der Waals surface area contributed by atoms with Gasteiger partial charge in [0.2, 0.25) is 5.91 Å². The lowest BCUT2D eigenvalue weighted by Crippen LogP contribution is -2.15. The Morgan fingerprint density at radius 2 is 1.40 bits per heavy atom. The fourth-order valence-electron chi connectivity index (χ4n) is 2.69. The number of hydrogen-bond donors (Lipinski definition) is 2. The van der Waals surface area contributed by atoms with E-state index in [4.69, 9.17) is 9.47 Å². The minimum Gasteiger partial charge on any atom is -0.494 e. The molecule has 154 valence electrons. The van der Waals surface area contributed by atoms with Crippen LogP contribution in [0.25, 0.3) is 0 Å². The van der Waals surface area contributed by atoms with Crippen LogP contribution in [0.2, 0.25) is 0 Å². The van der Waals surface area contributed by atoms with Crippen LogP contribution in [-0.2, 0) is 4.79 Å². The summed E-state index contributed by atoms with van der Waals surface area (Å²) in [6, 6.07) is 17.7. The van der Waals surface area contributed by atoms with Crippen molar-refractivity contribution in [3.05, 3.63) is 78.1 Å². The van der Waals surface area contributed by atoms with Gasteiger partial charge in [-0.15, -0.1) is 0 Å². The van der Waals surface area contributed by atoms with Crippen molar-refractivity contribution in [3.8, 4) is 17.2 Å². The van der Waals surface area contributed by atoms with E-state index in [1.165, 1.54) is 19.1 Å². The van der Waals surface area contributed by atoms with Crippen LogP contribution >= 0.6 is 0 Å². The number of rotatable bonds is 7. The SMILES string of the molecule is CCOc1ccc(Oc2ccc(NC(=O)c3cc(NC(C)=O)ccc3F)cc2)cc1. The van der Waals surface area contributed by atoms with Gasteiger partial charge in [0.25, 0.3) is 5.91 Å². The molecule has 2 amide bonds. The first kappa shape index (κ1) is 20.9. The second-order valence-corrected chi connectivity index (χ2v) is 6.36. The number of halogens is 1. The molecule has 0 saturated heterocycles. The summed E-state index contributed by atoms with van der Waals surface area (Å²) < 4.78 is 25.2. The van der Waals surface area contributed by atoms with Gasteiger partial charge in [-0.05, 0) is 73.7 Å². The summed E-state index contributed by atoms with van der Waals surface area (Å²) in [5, 5.41) is 5.15. The quantitative estimate of drug-likeness (QED) is 0.561. The first-order valence-corrected chi connectivity index (χ1v) is 9.34. The molecule has 0 unspecified atom stereocenters.